The van der Waals surface area contributed by atoms with Crippen molar-refractivity contribution in [2.24, 2.45) is 5.14 Å². The second kappa shape index (κ2) is 7.91. The minimum Gasteiger partial charge on any atom is -0.339 e. The summed E-state index contributed by atoms with van der Waals surface area (Å²) in [5, 5.41) is 5.85. The van der Waals surface area contributed by atoms with E-state index in [0.29, 0.717) is 10.6 Å². The summed E-state index contributed by atoms with van der Waals surface area (Å²) in [5.74, 6) is 0.0140. The molecule has 0 bridgehead atoms. The summed E-state index contributed by atoms with van der Waals surface area (Å²) in [5.41, 5.74) is 3.90. The lowest BCUT2D eigenvalue weighted by Crippen LogP contribution is -2.27. The molecule has 156 valence electrons. The molecule has 0 spiro atoms. The predicted octanol–water partition coefficient (Wildman–Crippen LogP) is 3.99. The van der Waals surface area contributed by atoms with Crippen LogP contribution in [0.4, 0.5) is 0 Å². The fraction of sp³-hybridized carbons (Fsp3) is 0.227. The molecule has 1 aromatic heterocycles. The zero-order valence-corrected chi connectivity index (χ0v) is 18.1. The molecule has 1 saturated heterocycles. The van der Waals surface area contributed by atoms with E-state index in [-0.39, 0.29) is 10.8 Å². The number of rotatable bonds is 4. The number of sulfonamides is 1. The number of hydrogen-bond donors (Lipinski definition) is 1. The van der Waals surface area contributed by atoms with Gasteiger partial charge in [0.1, 0.15) is 0 Å². The van der Waals surface area contributed by atoms with Crippen LogP contribution in [0.1, 0.15) is 28.9 Å². The monoisotopic (exact) mass is 443 g/mol. The second-order valence-electron chi connectivity index (χ2n) is 7.41. The quantitative estimate of drug-likeness (QED) is 0.661. The molecule has 0 radical (unpaired) electrons. The summed E-state index contributed by atoms with van der Waals surface area (Å²) in [6.45, 7) is 3.43. The summed E-state index contributed by atoms with van der Waals surface area (Å²) < 4.78 is 25.2. The van der Waals surface area contributed by atoms with Crippen molar-refractivity contribution in [3.8, 4) is 16.9 Å². The summed E-state index contributed by atoms with van der Waals surface area (Å²) in [6.07, 6.45) is 2.04. The molecule has 4 rings (SSSR count). The minimum absolute atomic E-state index is 0.0140. The number of likely N-dealkylation sites (tertiary alicyclic amines) is 1. The fourth-order valence-corrected chi connectivity index (χ4v) is 4.51. The average Bonchev–Trinajstić information content (AvgIpc) is 3.36. The Balaban J connectivity index is 1.86. The highest BCUT2D eigenvalue weighted by atomic mass is 35.5. The van der Waals surface area contributed by atoms with Gasteiger partial charge in [0.25, 0.3) is 5.91 Å². The van der Waals surface area contributed by atoms with Gasteiger partial charge in [-0.2, -0.15) is 0 Å². The van der Waals surface area contributed by atoms with Gasteiger partial charge in [0.2, 0.25) is 10.0 Å². The first-order chi connectivity index (χ1) is 14.3. The first-order valence-electron chi connectivity index (χ1n) is 9.66. The number of primary sulfonamides is 1. The number of nitrogens with two attached hydrogens (primary N) is 1. The van der Waals surface area contributed by atoms with E-state index in [1.165, 1.54) is 12.1 Å². The van der Waals surface area contributed by atoms with Crippen LogP contribution in [0.5, 0.6) is 0 Å². The van der Waals surface area contributed by atoms with Crippen LogP contribution >= 0.6 is 11.6 Å². The first-order valence-corrected chi connectivity index (χ1v) is 11.6. The maximum Gasteiger partial charge on any atom is 0.255 e. The molecule has 3 aromatic rings. The Kier molecular flexibility index (Phi) is 5.44. The molecule has 2 aromatic carbocycles. The van der Waals surface area contributed by atoms with Gasteiger partial charge in [-0.05, 0) is 67.8 Å². The van der Waals surface area contributed by atoms with Gasteiger partial charge in [0.05, 0.1) is 16.2 Å². The minimum atomic E-state index is -3.78. The predicted molar refractivity (Wildman–Crippen MR) is 117 cm³/mol. The second-order valence-corrected chi connectivity index (χ2v) is 9.41. The molecule has 0 unspecified atom stereocenters. The van der Waals surface area contributed by atoms with Crippen LogP contribution in [0, 0.1) is 6.92 Å². The van der Waals surface area contributed by atoms with E-state index in [9.17, 15) is 13.2 Å². The number of halogens is 1. The third-order valence-corrected chi connectivity index (χ3v) is 6.62. The van der Waals surface area contributed by atoms with Crippen molar-refractivity contribution in [2.45, 2.75) is 24.7 Å². The van der Waals surface area contributed by atoms with E-state index >= 15 is 0 Å². The number of carbonyl (C=O) groups excluding carboxylic acids is 1. The van der Waals surface area contributed by atoms with Crippen molar-refractivity contribution in [2.75, 3.05) is 13.1 Å². The largest absolute Gasteiger partial charge is 0.339 e. The molecule has 1 aliphatic rings. The molecule has 2 heterocycles. The van der Waals surface area contributed by atoms with Crippen LogP contribution in [-0.2, 0) is 10.0 Å². The Morgan fingerprint density at radius 3 is 2.17 bits per heavy atom. The molecule has 1 amide bonds. The topological polar surface area (TPSA) is 85.4 Å². The van der Waals surface area contributed by atoms with Crippen LogP contribution in [0.15, 0.2) is 59.5 Å². The van der Waals surface area contributed by atoms with Crippen LogP contribution in [-0.4, -0.2) is 36.9 Å². The van der Waals surface area contributed by atoms with Crippen LogP contribution in [0.25, 0.3) is 16.9 Å². The first kappa shape index (κ1) is 20.7. The van der Waals surface area contributed by atoms with Crippen molar-refractivity contribution >= 4 is 27.5 Å². The summed E-state index contributed by atoms with van der Waals surface area (Å²) in [6, 6.07) is 15.6. The van der Waals surface area contributed by atoms with E-state index in [0.717, 1.165) is 48.6 Å². The maximum absolute atomic E-state index is 13.1. The van der Waals surface area contributed by atoms with E-state index in [1.807, 2.05) is 34.6 Å². The summed E-state index contributed by atoms with van der Waals surface area (Å²) in [7, 11) is -3.78. The molecule has 0 atom stereocenters. The highest BCUT2D eigenvalue weighted by molar-refractivity contribution is 7.89. The number of hydrogen-bond acceptors (Lipinski definition) is 3. The van der Waals surface area contributed by atoms with Gasteiger partial charge in [-0.25, -0.2) is 13.6 Å². The van der Waals surface area contributed by atoms with E-state index in [2.05, 4.69) is 0 Å². The van der Waals surface area contributed by atoms with Gasteiger partial charge >= 0.3 is 0 Å². The lowest BCUT2D eigenvalue weighted by Gasteiger charge is -2.16. The molecule has 30 heavy (non-hydrogen) atoms. The molecule has 1 fully saturated rings. The van der Waals surface area contributed by atoms with E-state index in [1.54, 1.807) is 24.3 Å². The van der Waals surface area contributed by atoms with Crippen molar-refractivity contribution in [1.82, 2.24) is 9.47 Å². The molecule has 0 saturated carbocycles. The Bertz CT molecular complexity index is 1190. The van der Waals surface area contributed by atoms with Crippen molar-refractivity contribution in [3.63, 3.8) is 0 Å². The third-order valence-electron chi connectivity index (χ3n) is 5.43. The molecular formula is C22H22ClN3O3S. The highest BCUT2D eigenvalue weighted by Crippen LogP contribution is 2.32. The van der Waals surface area contributed by atoms with Crippen molar-refractivity contribution in [1.29, 1.82) is 0 Å². The van der Waals surface area contributed by atoms with E-state index < -0.39 is 10.0 Å². The molecule has 6 nitrogen and oxygen atoms in total. The summed E-state index contributed by atoms with van der Waals surface area (Å²) >= 11 is 6.05. The van der Waals surface area contributed by atoms with Gasteiger partial charge in [-0.15, -0.1) is 0 Å². The zero-order valence-electron chi connectivity index (χ0n) is 16.5. The normalized spacial score (nSPS) is 14.3. The van der Waals surface area contributed by atoms with Crippen LogP contribution < -0.4 is 5.14 Å². The van der Waals surface area contributed by atoms with E-state index in [4.69, 9.17) is 16.7 Å². The van der Waals surface area contributed by atoms with Crippen molar-refractivity contribution < 1.29 is 13.2 Å². The summed E-state index contributed by atoms with van der Waals surface area (Å²) in [4.78, 5) is 15.0. The number of amides is 1. The average molecular weight is 444 g/mol. The Morgan fingerprint density at radius 1 is 1.00 bits per heavy atom. The van der Waals surface area contributed by atoms with Gasteiger partial charge in [0, 0.05) is 29.5 Å². The molecule has 0 aliphatic carbocycles. The maximum atomic E-state index is 13.1. The standard InChI is InChI=1S/C22H22ClN3O3S/c1-15-20(22(27)25-12-2-3-13-25)14-21(16-4-6-17(23)7-5-16)26(15)18-8-10-19(11-9-18)30(24,28)29/h4-11,14H,2-3,12-13H2,1H3,(H2,24,28,29). The van der Waals surface area contributed by atoms with Crippen molar-refractivity contribution in [3.05, 3.63) is 70.9 Å². The lowest BCUT2D eigenvalue weighted by atomic mass is 10.1. The Morgan fingerprint density at radius 2 is 1.60 bits per heavy atom. The van der Waals surface area contributed by atoms with Gasteiger partial charge < -0.3 is 9.47 Å². The number of benzene rings is 2. The molecule has 1 aliphatic heterocycles. The number of carbonyl (C=O) groups is 1. The van der Waals surface area contributed by atoms with Gasteiger partial charge in [-0.3, -0.25) is 4.79 Å². The lowest BCUT2D eigenvalue weighted by molar-refractivity contribution is 0.0792. The van der Waals surface area contributed by atoms with Gasteiger partial charge in [-0.1, -0.05) is 23.7 Å². The van der Waals surface area contributed by atoms with Crippen LogP contribution in [0.2, 0.25) is 5.02 Å². The number of aromatic nitrogens is 1. The smallest absolute Gasteiger partial charge is 0.255 e. The molecular weight excluding hydrogens is 422 g/mol. The fourth-order valence-electron chi connectivity index (χ4n) is 3.86. The highest BCUT2D eigenvalue weighted by Gasteiger charge is 2.25. The third kappa shape index (κ3) is 3.88. The van der Waals surface area contributed by atoms with Crippen LogP contribution in [0.3, 0.4) is 0 Å². The van der Waals surface area contributed by atoms with Gasteiger partial charge in [0.15, 0.2) is 0 Å². The Labute approximate surface area is 180 Å². The number of nitrogens with zero attached hydrogens (tertiary/aromatic N) is 2. The SMILES string of the molecule is Cc1c(C(=O)N2CCCC2)cc(-c2ccc(Cl)cc2)n1-c1ccc(S(N)(=O)=O)cc1. The molecule has 2 N–H and O–H groups in total. The molecule has 8 heteroatoms. The zero-order chi connectivity index (χ0) is 21.5. The Hall–Kier alpha value is -2.61.